The van der Waals surface area contributed by atoms with E-state index < -0.39 is 0 Å². The van der Waals surface area contributed by atoms with E-state index in [2.05, 4.69) is 11.9 Å². The molecular weight excluding hydrogens is 338 g/mol. The van der Waals surface area contributed by atoms with Crippen LogP contribution in [0.5, 0.6) is 0 Å². The molecule has 1 aliphatic heterocycles. The smallest absolute Gasteiger partial charge is 0.246 e. The van der Waals surface area contributed by atoms with Crippen LogP contribution in [0, 0.1) is 6.92 Å². The second kappa shape index (κ2) is 8.80. The number of aryl methyl sites for hydroxylation is 1. The van der Waals surface area contributed by atoms with E-state index in [-0.39, 0.29) is 24.4 Å². The molecule has 0 N–H and O–H groups in total. The number of pyridine rings is 1. The number of anilines is 1. The Morgan fingerprint density at radius 3 is 2.70 bits per heavy atom. The van der Waals surface area contributed by atoms with Gasteiger partial charge in [0.2, 0.25) is 11.8 Å². The Morgan fingerprint density at radius 1 is 1.22 bits per heavy atom. The number of rotatable bonds is 6. The number of amides is 2. The molecule has 5 nitrogen and oxygen atoms in total. The fourth-order valence-electron chi connectivity index (χ4n) is 3.57. The Morgan fingerprint density at radius 2 is 2.00 bits per heavy atom. The molecule has 0 aliphatic carbocycles. The van der Waals surface area contributed by atoms with Crippen LogP contribution in [0.15, 0.2) is 48.8 Å². The minimum atomic E-state index is -0.0172. The molecule has 0 radical (unpaired) electrons. The van der Waals surface area contributed by atoms with Gasteiger partial charge in [-0.2, -0.15) is 0 Å². The number of hydrogen-bond donors (Lipinski definition) is 0. The number of carbonyl (C=O) groups is 2. The Balaban J connectivity index is 1.78. The zero-order valence-electron chi connectivity index (χ0n) is 16.1. The highest BCUT2D eigenvalue weighted by Gasteiger charge is 2.35. The summed E-state index contributed by atoms with van der Waals surface area (Å²) in [6.07, 6.45) is 6.72. The van der Waals surface area contributed by atoms with Crippen LogP contribution >= 0.6 is 0 Å². The van der Waals surface area contributed by atoms with E-state index >= 15 is 0 Å². The predicted molar refractivity (Wildman–Crippen MR) is 106 cm³/mol. The standard InChI is InChI=1S/C22H27N3O2/c1-3-4-7-20-15-24(19-8-5-6-17(2)13-19)22(27)16-25(20)21(26)14-18-9-11-23-12-10-18/h5-6,8-13,20H,3-4,7,14-16H2,1-2H3/t20-/m1/s1. The second-order valence-electron chi connectivity index (χ2n) is 7.19. The van der Waals surface area contributed by atoms with Crippen molar-refractivity contribution in [3.05, 3.63) is 59.9 Å². The first-order chi connectivity index (χ1) is 13.1. The first-order valence-electron chi connectivity index (χ1n) is 9.64. The molecule has 1 atom stereocenters. The number of nitrogens with zero attached hydrogens (tertiary/aromatic N) is 3. The molecule has 1 aliphatic rings. The van der Waals surface area contributed by atoms with Crippen LogP contribution < -0.4 is 4.90 Å². The highest BCUT2D eigenvalue weighted by molar-refractivity contribution is 5.98. The first-order valence-corrected chi connectivity index (χ1v) is 9.64. The Bertz CT molecular complexity index is 791. The molecule has 1 saturated heterocycles. The van der Waals surface area contributed by atoms with Crippen molar-refractivity contribution in [2.24, 2.45) is 0 Å². The van der Waals surface area contributed by atoms with Crippen molar-refractivity contribution in [2.45, 2.75) is 45.6 Å². The van der Waals surface area contributed by atoms with Crippen LogP contribution in [-0.2, 0) is 16.0 Å². The largest absolute Gasteiger partial charge is 0.328 e. The summed E-state index contributed by atoms with van der Waals surface area (Å²) < 4.78 is 0. The van der Waals surface area contributed by atoms with E-state index in [0.29, 0.717) is 13.0 Å². The number of piperazine rings is 1. The third-order valence-electron chi connectivity index (χ3n) is 5.07. The van der Waals surface area contributed by atoms with E-state index in [9.17, 15) is 9.59 Å². The lowest BCUT2D eigenvalue weighted by Gasteiger charge is -2.41. The third kappa shape index (κ3) is 4.73. The van der Waals surface area contributed by atoms with Crippen LogP contribution in [0.2, 0.25) is 0 Å². The van der Waals surface area contributed by atoms with Crippen LogP contribution in [0.3, 0.4) is 0 Å². The average molecular weight is 365 g/mol. The SMILES string of the molecule is CCCC[C@@H]1CN(c2cccc(C)c2)C(=O)CN1C(=O)Cc1ccncc1. The number of carbonyl (C=O) groups excluding carboxylic acids is 2. The van der Waals surface area contributed by atoms with Crippen LogP contribution in [0.25, 0.3) is 0 Å². The molecule has 2 heterocycles. The quantitative estimate of drug-likeness (QED) is 0.789. The summed E-state index contributed by atoms with van der Waals surface area (Å²) in [4.78, 5) is 33.4. The van der Waals surface area contributed by atoms with E-state index in [0.717, 1.165) is 36.1 Å². The minimum absolute atomic E-state index is 0.0135. The van der Waals surface area contributed by atoms with Gasteiger partial charge in [0.05, 0.1) is 12.5 Å². The van der Waals surface area contributed by atoms with E-state index in [4.69, 9.17) is 0 Å². The Hall–Kier alpha value is -2.69. The van der Waals surface area contributed by atoms with Crippen LogP contribution in [0.4, 0.5) is 5.69 Å². The van der Waals surface area contributed by atoms with Gasteiger partial charge in [-0.15, -0.1) is 0 Å². The fourth-order valence-corrected chi connectivity index (χ4v) is 3.57. The molecule has 0 saturated carbocycles. The molecule has 142 valence electrons. The predicted octanol–water partition coefficient (Wildman–Crippen LogP) is 3.37. The van der Waals surface area contributed by atoms with E-state index in [1.165, 1.54) is 0 Å². The van der Waals surface area contributed by atoms with Crippen molar-refractivity contribution in [1.82, 2.24) is 9.88 Å². The number of unbranched alkanes of at least 4 members (excludes halogenated alkanes) is 1. The van der Waals surface area contributed by atoms with E-state index in [1.54, 1.807) is 17.3 Å². The Kier molecular flexibility index (Phi) is 6.22. The van der Waals surface area contributed by atoms with Gasteiger partial charge in [0, 0.05) is 24.6 Å². The van der Waals surface area contributed by atoms with Gasteiger partial charge in [0.25, 0.3) is 0 Å². The zero-order chi connectivity index (χ0) is 19.2. The van der Waals surface area contributed by atoms with E-state index in [1.807, 2.05) is 48.2 Å². The monoisotopic (exact) mass is 365 g/mol. The fraction of sp³-hybridized carbons (Fsp3) is 0.409. The minimum Gasteiger partial charge on any atom is -0.328 e. The molecule has 1 aromatic heterocycles. The molecule has 0 spiro atoms. The highest BCUT2D eigenvalue weighted by atomic mass is 16.2. The van der Waals surface area contributed by atoms with Crippen molar-refractivity contribution < 1.29 is 9.59 Å². The lowest BCUT2D eigenvalue weighted by atomic mass is 10.0. The maximum atomic E-state index is 12.9. The van der Waals surface area contributed by atoms with Gasteiger partial charge in [-0.05, 0) is 48.7 Å². The molecule has 1 fully saturated rings. The summed E-state index contributed by atoms with van der Waals surface area (Å²) in [5.74, 6) is -0.00373. The maximum Gasteiger partial charge on any atom is 0.246 e. The summed E-state index contributed by atoms with van der Waals surface area (Å²) >= 11 is 0. The lowest BCUT2D eigenvalue weighted by molar-refractivity contribution is -0.139. The average Bonchev–Trinajstić information content (AvgIpc) is 2.67. The number of benzene rings is 1. The molecular formula is C22H27N3O2. The normalized spacial score (nSPS) is 17.3. The summed E-state index contributed by atoms with van der Waals surface area (Å²) in [6, 6.07) is 11.8. The van der Waals surface area contributed by atoms with Crippen LogP contribution in [0.1, 0.15) is 37.3 Å². The molecule has 5 heteroatoms. The van der Waals surface area contributed by atoms with Gasteiger partial charge in [0.1, 0.15) is 6.54 Å². The van der Waals surface area contributed by atoms with Crippen molar-refractivity contribution in [3.8, 4) is 0 Å². The maximum absolute atomic E-state index is 12.9. The number of hydrogen-bond acceptors (Lipinski definition) is 3. The molecule has 2 aromatic rings. The zero-order valence-corrected chi connectivity index (χ0v) is 16.1. The lowest BCUT2D eigenvalue weighted by Crippen LogP contribution is -2.58. The van der Waals surface area contributed by atoms with Crippen molar-refractivity contribution in [3.63, 3.8) is 0 Å². The summed E-state index contributed by atoms with van der Waals surface area (Å²) in [6.45, 7) is 4.88. The van der Waals surface area contributed by atoms with Crippen molar-refractivity contribution >= 4 is 17.5 Å². The highest BCUT2D eigenvalue weighted by Crippen LogP contribution is 2.24. The van der Waals surface area contributed by atoms with Crippen molar-refractivity contribution in [1.29, 1.82) is 0 Å². The molecule has 27 heavy (non-hydrogen) atoms. The van der Waals surface area contributed by atoms with Gasteiger partial charge in [-0.25, -0.2) is 0 Å². The van der Waals surface area contributed by atoms with Gasteiger partial charge >= 0.3 is 0 Å². The molecule has 0 unspecified atom stereocenters. The molecule has 1 aromatic carbocycles. The topological polar surface area (TPSA) is 53.5 Å². The summed E-state index contributed by atoms with van der Waals surface area (Å²) in [5.41, 5.74) is 2.97. The van der Waals surface area contributed by atoms with Gasteiger partial charge in [-0.3, -0.25) is 14.6 Å². The molecule has 2 amide bonds. The summed E-state index contributed by atoms with van der Waals surface area (Å²) in [5, 5.41) is 0. The molecule has 0 bridgehead atoms. The van der Waals surface area contributed by atoms with Gasteiger partial charge in [0.15, 0.2) is 0 Å². The van der Waals surface area contributed by atoms with Crippen LogP contribution in [-0.4, -0.2) is 40.8 Å². The van der Waals surface area contributed by atoms with Crippen molar-refractivity contribution in [2.75, 3.05) is 18.0 Å². The second-order valence-corrected chi connectivity index (χ2v) is 7.19. The number of aromatic nitrogens is 1. The summed E-state index contributed by atoms with van der Waals surface area (Å²) in [7, 11) is 0. The first kappa shape index (κ1) is 19.1. The Labute approximate surface area is 161 Å². The van der Waals surface area contributed by atoms with Gasteiger partial charge in [-0.1, -0.05) is 31.9 Å². The third-order valence-corrected chi connectivity index (χ3v) is 5.07. The molecule has 3 rings (SSSR count). The van der Waals surface area contributed by atoms with Gasteiger partial charge < -0.3 is 9.80 Å².